The average molecular weight is 736 g/mol. The molecule has 5 nitrogen and oxygen atoms in total. The van der Waals surface area contributed by atoms with Gasteiger partial charge in [0.25, 0.3) is 0 Å². The first-order chi connectivity index (χ1) is 19.0. The van der Waals surface area contributed by atoms with Crippen molar-refractivity contribution < 1.29 is 33.1 Å². The topological polar surface area (TPSA) is 80.2 Å². The fourth-order valence-corrected chi connectivity index (χ4v) is 6.70. The normalized spacial score (nSPS) is 11.6. The second-order valence-electron chi connectivity index (χ2n) is 9.17. The van der Waals surface area contributed by atoms with Crippen molar-refractivity contribution in [3.8, 4) is 33.5 Å². The Hall–Kier alpha value is -3.78. The first-order valence-electron chi connectivity index (χ1n) is 12.2. The quantitative estimate of drug-likeness (QED) is 0.144. The molecule has 0 atom stereocenters. The van der Waals surface area contributed by atoms with E-state index in [0.717, 1.165) is 16.8 Å². The third-order valence-electron chi connectivity index (χ3n) is 6.83. The van der Waals surface area contributed by atoms with Crippen molar-refractivity contribution in [3.05, 3.63) is 115 Å². The molecule has 1 aliphatic rings. The molecule has 8 rings (SSSR count). The van der Waals surface area contributed by atoms with Crippen molar-refractivity contribution in [2.75, 3.05) is 0 Å². The zero-order chi connectivity index (χ0) is 26.6. The molecule has 0 unspecified atom stereocenters. The zero-order valence-corrected chi connectivity index (χ0v) is 24.7. The number of pyridine rings is 2. The molecule has 1 aliphatic carbocycles. The van der Waals surface area contributed by atoms with Gasteiger partial charge in [0.05, 0.1) is 5.52 Å². The van der Waals surface area contributed by atoms with Crippen molar-refractivity contribution in [2.24, 2.45) is 0 Å². The van der Waals surface area contributed by atoms with Gasteiger partial charge in [0.1, 0.15) is 0 Å². The molecule has 1 N–H and O–H groups in total. The molecule has 0 saturated heterocycles. The summed E-state index contributed by atoms with van der Waals surface area (Å²) >= 11 is 1.84. The molecule has 0 spiro atoms. The zero-order valence-electron chi connectivity index (χ0n) is 20.7. The van der Waals surface area contributed by atoms with Crippen LogP contribution in [0.5, 0.6) is 0 Å². The van der Waals surface area contributed by atoms with Crippen LogP contribution in [0.15, 0.2) is 114 Å². The molecule has 0 saturated carbocycles. The Bertz CT molecular complexity index is 2160. The molecule has 3 aromatic heterocycles. The monoisotopic (exact) mass is 736 g/mol. The van der Waals surface area contributed by atoms with Crippen molar-refractivity contribution in [3.63, 3.8) is 0 Å². The van der Waals surface area contributed by atoms with Gasteiger partial charge < -0.3 is 0 Å². The molecule has 0 fully saturated rings. The summed E-state index contributed by atoms with van der Waals surface area (Å²) in [5.41, 5.74) is 8.26. The fourth-order valence-electron chi connectivity index (χ4n) is 5.13. The number of benzene rings is 4. The van der Waals surface area contributed by atoms with E-state index in [2.05, 4.69) is 96.0 Å². The van der Waals surface area contributed by atoms with Crippen LogP contribution in [0.4, 0.5) is 0 Å². The summed E-state index contributed by atoms with van der Waals surface area (Å²) in [6.45, 7) is 0. The maximum Gasteiger partial charge on any atom is 0.312 e. The molecule has 0 bridgehead atoms. The number of rotatable bonds is 2. The van der Waals surface area contributed by atoms with E-state index in [4.69, 9.17) is 9.54 Å². The second kappa shape index (κ2) is 10.3. The van der Waals surface area contributed by atoms with Crippen LogP contribution >= 0.6 is 11.3 Å². The van der Waals surface area contributed by atoms with Gasteiger partial charge in [-0.25, -0.2) is 4.98 Å². The van der Waals surface area contributed by atoms with Gasteiger partial charge >= 0.3 is 10.1 Å². The van der Waals surface area contributed by atoms with Crippen LogP contribution in [-0.4, -0.2) is 22.9 Å². The summed E-state index contributed by atoms with van der Waals surface area (Å²) < 4.78 is 31.7. The number of hydrogen-bond acceptors (Lipinski definition) is 5. The number of fused-ring (bicyclic) bond motifs is 6. The van der Waals surface area contributed by atoms with Gasteiger partial charge in [-0.2, -0.15) is 19.8 Å². The van der Waals surface area contributed by atoms with Crippen LogP contribution in [-0.2, 0) is 30.2 Å². The molecular formula is C32H19IrN2O3S2-. The van der Waals surface area contributed by atoms with E-state index >= 15 is 0 Å². The molecule has 4 aromatic carbocycles. The average Bonchev–Trinajstić information content (AvgIpc) is 3.50. The summed E-state index contributed by atoms with van der Waals surface area (Å²) in [6, 6.07) is 38.0. The summed E-state index contributed by atoms with van der Waals surface area (Å²) in [4.78, 5) is 8.44. The van der Waals surface area contributed by atoms with Crippen LogP contribution in [0.2, 0.25) is 0 Å². The maximum atomic E-state index is 10.3. The van der Waals surface area contributed by atoms with E-state index in [1.54, 1.807) is 6.07 Å². The van der Waals surface area contributed by atoms with E-state index in [0.29, 0.717) is 0 Å². The SMILES string of the molecule is O=S(=O)(O)c1ccccn1.[Ir].[c-]1cc2c(cc1-c1cc3c4c(cccc4n1)-c1ccccc1-3)sc1ccccc12. The molecule has 0 aliphatic heterocycles. The smallest absolute Gasteiger partial charge is 0.296 e. The molecule has 8 heteroatoms. The van der Waals surface area contributed by atoms with E-state index in [9.17, 15) is 8.42 Å². The van der Waals surface area contributed by atoms with E-state index in [-0.39, 0.29) is 25.1 Å². The number of hydrogen-bond donors (Lipinski definition) is 1. The Labute approximate surface area is 248 Å². The summed E-state index contributed by atoms with van der Waals surface area (Å²) in [5.74, 6) is 0. The van der Waals surface area contributed by atoms with Crippen LogP contribution in [0.1, 0.15) is 0 Å². The van der Waals surface area contributed by atoms with Crippen LogP contribution in [0.3, 0.4) is 0 Å². The third kappa shape index (κ3) is 4.54. The Morgan fingerprint density at radius 2 is 1.45 bits per heavy atom. The van der Waals surface area contributed by atoms with Crippen molar-refractivity contribution in [2.45, 2.75) is 5.03 Å². The second-order valence-corrected chi connectivity index (χ2v) is 11.6. The minimum Gasteiger partial charge on any atom is -0.296 e. The first-order valence-corrected chi connectivity index (χ1v) is 14.5. The van der Waals surface area contributed by atoms with Crippen molar-refractivity contribution in [1.29, 1.82) is 0 Å². The Balaban J connectivity index is 0.000000226. The predicted octanol–water partition coefficient (Wildman–Crippen LogP) is 8.04. The van der Waals surface area contributed by atoms with Gasteiger partial charge in [0, 0.05) is 36.4 Å². The van der Waals surface area contributed by atoms with Gasteiger partial charge in [-0.1, -0.05) is 72.1 Å². The van der Waals surface area contributed by atoms with E-state index < -0.39 is 10.1 Å². The molecule has 40 heavy (non-hydrogen) atoms. The molecule has 197 valence electrons. The van der Waals surface area contributed by atoms with Gasteiger partial charge in [0.2, 0.25) is 0 Å². The number of nitrogens with zero attached hydrogens (tertiary/aromatic N) is 2. The standard InChI is InChI=1S/C27H14NS.C5H5NO3S.Ir/c1-2-7-18-17(6-1)21-9-5-10-23-27(21)22(18)15-24(28-23)16-12-13-20-19-8-3-4-11-25(19)29-26(20)14-16;7-10(8,9)5-3-1-2-4-6-5;/h1-11,13-15H;1-4H,(H,7,8,9);/q-1;;. The molecule has 7 aromatic rings. The largest absolute Gasteiger partial charge is 0.312 e. The molecule has 1 radical (unpaired) electrons. The van der Waals surface area contributed by atoms with E-state index in [1.807, 2.05) is 11.3 Å². The summed E-state index contributed by atoms with van der Waals surface area (Å²) in [6.07, 6.45) is 1.29. The fraction of sp³-hybridized carbons (Fsp3) is 0. The van der Waals surface area contributed by atoms with Gasteiger partial charge in [-0.3, -0.25) is 9.54 Å². The van der Waals surface area contributed by atoms with Gasteiger partial charge in [0.15, 0.2) is 5.03 Å². The van der Waals surface area contributed by atoms with Crippen LogP contribution in [0.25, 0.3) is 64.6 Å². The minimum atomic E-state index is -4.11. The van der Waals surface area contributed by atoms with Crippen LogP contribution < -0.4 is 0 Å². The summed E-state index contributed by atoms with van der Waals surface area (Å²) in [7, 11) is -4.11. The predicted molar refractivity (Wildman–Crippen MR) is 157 cm³/mol. The number of thiophene rings is 1. The molecule has 3 heterocycles. The van der Waals surface area contributed by atoms with Gasteiger partial charge in [-0.15, -0.1) is 23.8 Å². The van der Waals surface area contributed by atoms with E-state index in [1.165, 1.54) is 66.1 Å². The number of aromatic nitrogens is 2. The van der Waals surface area contributed by atoms with Gasteiger partial charge in [-0.05, 0) is 62.3 Å². The Morgan fingerprint density at radius 1 is 0.725 bits per heavy atom. The van der Waals surface area contributed by atoms with Crippen molar-refractivity contribution >= 4 is 52.5 Å². The summed E-state index contributed by atoms with van der Waals surface area (Å²) in [5, 5.41) is 3.52. The molecular weight excluding hydrogens is 717 g/mol. The third-order valence-corrected chi connectivity index (χ3v) is 8.73. The first kappa shape index (κ1) is 26.4. The van der Waals surface area contributed by atoms with Crippen LogP contribution in [0, 0.1) is 6.07 Å². The Morgan fingerprint density at radius 3 is 2.20 bits per heavy atom. The minimum absolute atomic E-state index is 0. The Kier molecular flexibility index (Phi) is 6.82. The molecule has 0 amide bonds. The maximum absolute atomic E-state index is 10.3. The van der Waals surface area contributed by atoms with Crippen molar-refractivity contribution in [1.82, 2.24) is 9.97 Å².